The molecule has 1 unspecified atom stereocenters. The Bertz CT molecular complexity index is 299. The monoisotopic (exact) mass is 239 g/mol. The van der Waals surface area contributed by atoms with Crippen molar-refractivity contribution < 1.29 is 0 Å². The summed E-state index contributed by atoms with van der Waals surface area (Å²) >= 11 is 6.13. The number of nitrogens with one attached hydrogen (secondary N) is 1. The maximum absolute atomic E-state index is 6.13. The van der Waals surface area contributed by atoms with E-state index in [1.807, 2.05) is 12.1 Å². The van der Waals surface area contributed by atoms with Crippen LogP contribution < -0.4 is 5.32 Å². The summed E-state index contributed by atoms with van der Waals surface area (Å²) in [6.45, 7) is 5.55. The van der Waals surface area contributed by atoms with Gasteiger partial charge in [-0.1, -0.05) is 43.6 Å². The van der Waals surface area contributed by atoms with Gasteiger partial charge >= 0.3 is 0 Å². The van der Waals surface area contributed by atoms with Crippen LogP contribution in [0.1, 0.15) is 38.7 Å². The van der Waals surface area contributed by atoms with Crippen molar-refractivity contribution in [2.24, 2.45) is 0 Å². The Morgan fingerprint density at radius 2 is 2.00 bits per heavy atom. The van der Waals surface area contributed by atoms with Gasteiger partial charge in [-0.2, -0.15) is 0 Å². The van der Waals surface area contributed by atoms with E-state index >= 15 is 0 Å². The van der Waals surface area contributed by atoms with Gasteiger partial charge in [-0.05, 0) is 43.9 Å². The van der Waals surface area contributed by atoms with E-state index in [-0.39, 0.29) is 0 Å². The van der Waals surface area contributed by atoms with Gasteiger partial charge in [-0.3, -0.25) is 0 Å². The Morgan fingerprint density at radius 3 is 2.62 bits per heavy atom. The highest BCUT2D eigenvalue weighted by Crippen LogP contribution is 2.17. The molecule has 0 bridgehead atoms. The summed E-state index contributed by atoms with van der Waals surface area (Å²) < 4.78 is 0. The van der Waals surface area contributed by atoms with Crippen LogP contribution >= 0.6 is 11.6 Å². The zero-order valence-electron chi connectivity index (χ0n) is 10.3. The van der Waals surface area contributed by atoms with Crippen LogP contribution in [-0.2, 0) is 6.42 Å². The number of rotatable bonds is 7. The van der Waals surface area contributed by atoms with Crippen molar-refractivity contribution in [2.75, 3.05) is 6.54 Å². The third-order valence-electron chi connectivity index (χ3n) is 2.90. The molecule has 1 rings (SSSR count). The Morgan fingerprint density at radius 1 is 1.25 bits per heavy atom. The molecule has 0 saturated carbocycles. The second-order valence-corrected chi connectivity index (χ2v) is 4.60. The van der Waals surface area contributed by atoms with E-state index in [0.717, 1.165) is 18.0 Å². The van der Waals surface area contributed by atoms with Gasteiger partial charge in [-0.25, -0.2) is 0 Å². The first-order chi connectivity index (χ1) is 7.77. The van der Waals surface area contributed by atoms with Crippen LogP contribution in [0.2, 0.25) is 5.02 Å². The molecule has 0 aliphatic carbocycles. The molecule has 1 atom stereocenters. The topological polar surface area (TPSA) is 12.0 Å². The first-order valence-corrected chi connectivity index (χ1v) is 6.62. The highest BCUT2D eigenvalue weighted by Gasteiger charge is 2.06. The summed E-state index contributed by atoms with van der Waals surface area (Å²) in [4.78, 5) is 0. The van der Waals surface area contributed by atoms with Crippen molar-refractivity contribution in [1.82, 2.24) is 5.32 Å². The molecule has 16 heavy (non-hydrogen) atoms. The lowest BCUT2D eigenvalue weighted by Gasteiger charge is -2.16. The minimum atomic E-state index is 0.622. The van der Waals surface area contributed by atoms with E-state index in [2.05, 4.69) is 31.3 Å². The van der Waals surface area contributed by atoms with Crippen LogP contribution in [0.5, 0.6) is 0 Å². The lowest BCUT2D eigenvalue weighted by atomic mass is 10.0. The molecule has 0 amide bonds. The predicted molar refractivity (Wildman–Crippen MR) is 72.1 cm³/mol. The second kappa shape index (κ2) is 7.70. The molecular formula is C14H22ClN. The van der Waals surface area contributed by atoms with Crippen molar-refractivity contribution in [3.63, 3.8) is 0 Å². The molecule has 1 aromatic rings. The summed E-state index contributed by atoms with van der Waals surface area (Å²) in [6, 6.07) is 8.75. The summed E-state index contributed by atoms with van der Waals surface area (Å²) in [5, 5.41) is 4.46. The summed E-state index contributed by atoms with van der Waals surface area (Å²) in [7, 11) is 0. The number of benzene rings is 1. The molecule has 2 heteroatoms. The molecule has 90 valence electrons. The number of hydrogen-bond donors (Lipinski definition) is 1. The van der Waals surface area contributed by atoms with Crippen molar-refractivity contribution in [1.29, 1.82) is 0 Å². The number of halogens is 1. The van der Waals surface area contributed by atoms with Crippen molar-refractivity contribution in [3.05, 3.63) is 34.9 Å². The molecule has 1 aromatic carbocycles. The molecule has 1 N–H and O–H groups in total. The SMILES string of the molecule is CCCNC(CC)CCc1ccccc1Cl. The lowest BCUT2D eigenvalue weighted by molar-refractivity contribution is 0.468. The molecule has 0 spiro atoms. The van der Waals surface area contributed by atoms with E-state index in [1.54, 1.807) is 0 Å². The average molecular weight is 240 g/mol. The van der Waals surface area contributed by atoms with Crippen molar-refractivity contribution in [3.8, 4) is 0 Å². The van der Waals surface area contributed by atoms with Gasteiger partial charge in [-0.15, -0.1) is 0 Å². The molecule has 1 nitrogen and oxygen atoms in total. The zero-order chi connectivity index (χ0) is 11.8. The number of hydrogen-bond acceptors (Lipinski definition) is 1. The van der Waals surface area contributed by atoms with Gasteiger partial charge < -0.3 is 5.32 Å². The van der Waals surface area contributed by atoms with Crippen LogP contribution in [-0.4, -0.2) is 12.6 Å². The zero-order valence-corrected chi connectivity index (χ0v) is 11.1. The summed E-state index contributed by atoms with van der Waals surface area (Å²) in [5.41, 5.74) is 1.26. The quantitative estimate of drug-likeness (QED) is 0.757. The molecule has 0 aliphatic rings. The Hall–Kier alpha value is -0.530. The van der Waals surface area contributed by atoms with Crippen LogP contribution in [0.4, 0.5) is 0 Å². The summed E-state index contributed by atoms with van der Waals surface area (Å²) in [5.74, 6) is 0. The van der Waals surface area contributed by atoms with Gasteiger partial charge in [0.2, 0.25) is 0 Å². The normalized spacial score (nSPS) is 12.7. The highest BCUT2D eigenvalue weighted by atomic mass is 35.5. The maximum atomic E-state index is 6.13. The van der Waals surface area contributed by atoms with Crippen LogP contribution in [0, 0.1) is 0 Å². The first kappa shape index (κ1) is 13.5. The maximum Gasteiger partial charge on any atom is 0.0437 e. The van der Waals surface area contributed by atoms with E-state index < -0.39 is 0 Å². The third-order valence-corrected chi connectivity index (χ3v) is 3.26. The predicted octanol–water partition coefficient (Wildman–Crippen LogP) is 4.05. The Kier molecular flexibility index (Phi) is 6.51. The molecule has 0 radical (unpaired) electrons. The van der Waals surface area contributed by atoms with Gasteiger partial charge in [0, 0.05) is 11.1 Å². The molecule has 0 saturated heterocycles. The van der Waals surface area contributed by atoms with E-state index in [4.69, 9.17) is 11.6 Å². The largest absolute Gasteiger partial charge is 0.314 e. The second-order valence-electron chi connectivity index (χ2n) is 4.19. The third kappa shape index (κ3) is 4.54. The van der Waals surface area contributed by atoms with Crippen LogP contribution in [0.15, 0.2) is 24.3 Å². The van der Waals surface area contributed by atoms with Crippen LogP contribution in [0.25, 0.3) is 0 Å². The number of aryl methyl sites for hydroxylation is 1. The van der Waals surface area contributed by atoms with Crippen LogP contribution in [0.3, 0.4) is 0 Å². The van der Waals surface area contributed by atoms with Gasteiger partial charge in [0.1, 0.15) is 0 Å². The molecule has 0 aliphatic heterocycles. The first-order valence-electron chi connectivity index (χ1n) is 6.24. The minimum absolute atomic E-state index is 0.622. The standard InChI is InChI=1S/C14H22ClN/c1-3-11-16-13(4-2)10-9-12-7-5-6-8-14(12)15/h5-8,13,16H,3-4,9-11H2,1-2H3. The van der Waals surface area contributed by atoms with Crippen molar-refractivity contribution in [2.45, 2.75) is 45.6 Å². The van der Waals surface area contributed by atoms with E-state index in [1.165, 1.54) is 24.8 Å². The molecular weight excluding hydrogens is 218 g/mol. The fraction of sp³-hybridized carbons (Fsp3) is 0.571. The average Bonchev–Trinajstić information content (AvgIpc) is 2.31. The highest BCUT2D eigenvalue weighted by molar-refractivity contribution is 6.31. The fourth-order valence-electron chi connectivity index (χ4n) is 1.83. The fourth-order valence-corrected chi connectivity index (χ4v) is 2.06. The van der Waals surface area contributed by atoms with Gasteiger partial charge in [0.25, 0.3) is 0 Å². The summed E-state index contributed by atoms with van der Waals surface area (Å²) in [6.07, 6.45) is 4.61. The molecule has 0 aromatic heterocycles. The van der Waals surface area contributed by atoms with Gasteiger partial charge in [0.15, 0.2) is 0 Å². The molecule has 0 heterocycles. The smallest absolute Gasteiger partial charge is 0.0437 e. The van der Waals surface area contributed by atoms with E-state index in [9.17, 15) is 0 Å². The van der Waals surface area contributed by atoms with Crippen molar-refractivity contribution >= 4 is 11.6 Å². The minimum Gasteiger partial charge on any atom is -0.314 e. The lowest BCUT2D eigenvalue weighted by Crippen LogP contribution is -2.29. The van der Waals surface area contributed by atoms with Gasteiger partial charge in [0.05, 0.1) is 0 Å². The molecule has 0 fully saturated rings. The Labute approximate surface area is 104 Å². The Balaban J connectivity index is 2.40. The van der Waals surface area contributed by atoms with E-state index in [0.29, 0.717) is 6.04 Å².